The van der Waals surface area contributed by atoms with Crippen LogP contribution in [0, 0.1) is 5.82 Å². The molecular weight excluding hydrogens is 369 g/mol. The second-order valence-corrected chi connectivity index (χ2v) is 6.91. The summed E-state index contributed by atoms with van der Waals surface area (Å²) in [6.07, 6.45) is 1.18. The monoisotopic (exact) mass is 391 g/mol. The van der Waals surface area contributed by atoms with Crippen molar-refractivity contribution in [2.24, 2.45) is 0 Å². The lowest BCUT2D eigenvalue weighted by molar-refractivity contribution is -0.00461. The number of benzene rings is 1. The third kappa shape index (κ3) is 4.32. The second kappa shape index (κ2) is 8.26. The fourth-order valence-electron chi connectivity index (χ4n) is 3.47. The van der Waals surface area contributed by atoms with Crippen molar-refractivity contribution in [3.05, 3.63) is 47.9 Å². The number of oxazole rings is 1. The minimum Gasteiger partial charge on any atom is -0.464 e. The van der Waals surface area contributed by atoms with Gasteiger partial charge in [-0.3, -0.25) is 4.90 Å². The maximum atomic E-state index is 13.3. The number of nitrogens with one attached hydrogen (secondary N) is 1. The molecule has 0 amide bonds. The average Bonchev–Trinajstić information content (AvgIpc) is 3.26. The molecule has 4 rings (SSSR count). The first kappa shape index (κ1) is 18.9. The molecule has 2 aliphatic heterocycles. The van der Waals surface area contributed by atoms with Crippen molar-refractivity contribution in [1.29, 1.82) is 0 Å². The predicted molar refractivity (Wildman–Crippen MR) is 96.4 cm³/mol. The van der Waals surface area contributed by atoms with Crippen LogP contribution < -0.4 is 5.32 Å². The zero-order valence-electron chi connectivity index (χ0n) is 15.5. The molecule has 0 spiro atoms. The Balaban J connectivity index is 1.29. The van der Waals surface area contributed by atoms with Crippen LogP contribution in [0.3, 0.4) is 0 Å². The second-order valence-electron chi connectivity index (χ2n) is 6.91. The van der Waals surface area contributed by atoms with Gasteiger partial charge < -0.3 is 23.9 Å². The summed E-state index contributed by atoms with van der Waals surface area (Å²) in [6.45, 7) is 2.75. The van der Waals surface area contributed by atoms with Gasteiger partial charge in [-0.25, -0.2) is 14.2 Å². The van der Waals surface area contributed by atoms with E-state index < -0.39 is 5.97 Å². The van der Waals surface area contributed by atoms with Crippen LogP contribution in [0.15, 0.2) is 34.9 Å². The van der Waals surface area contributed by atoms with Crippen molar-refractivity contribution in [2.75, 3.05) is 38.7 Å². The van der Waals surface area contributed by atoms with Gasteiger partial charge in [-0.15, -0.1) is 0 Å². The molecule has 2 aromatic rings. The molecule has 0 bridgehead atoms. The molecule has 8 nitrogen and oxygen atoms in total. The maximum Gasteiger partial charge on any atom is 0.360 e. The van der Waals surface area contributed by atoms with E-state index in [0.717, 1.165) is 0 Å². The number of methoxy groups -OCH3 is 1. The number of anilines is 1. The quantitative estimate of drug-likeness (QED) is 0.771. The number of nitrogens with zero attached hydrogens (tertiary/aromatic N) is 2. The molecule has 0 aliphatic carbocycles. The van der Waals surface area contributed by atoms with E-state index >= 15 is 0 Å². The lowest BCUT2D eigenvalue weighted by atomic mass is 10.2. The van der Waals surface area contributed by atoms with E-state index in [9.17, 15) is 9.18 Å². The molecule has 0 radical (unpaired) electrons. The SMILES string of the molecule is COC(=O)c1coc(CN2C[C@@H]3OCC(Nc4cccc(F)c4)CO[C@H]3C2)n1. The summed E-state index contributed by atoms with van der Waals surface area (Å²) in [7, 11) is 1.30. The summed E-state index contributed by atoms with van der Waals surface area (Å²) in [4.78, 5) is 17.7. The number of hydrogen-bond donors (Lipinski definition) is 1. The molecule has 2 fully saturated rings. The first-order valence-corrected chi connectivity index (χ1v) is 9.11. The predicted octanol–water partition coefficient (Wildman–Crippen LogP) is 1.68. The fourth-order valence-corrected chi connectivity index (χ4v) is 3.47. The van der Waals surface area contributed by atoms with Gasteiger partial charge in [0, 0.05) is 18.8 Å². The van der Waals surface area contributed by atoms with Gasteiger partial charge in [0.2, 0.25) is 5.89 Å². The number of rotatable bonds is 5. The third-order valence-corrected chi connectivity index (χ3v) is 4.81. The highest BCUT2D eigenvalue weighted by Gasteiger charge is 2.37. The van der Waals surface area contributed by atoms with Crippen molar-refractivity contribution < 1.29 is 27.8 Å². The van der Waals surface area contributed by atoms with Crippen molar-refractivity contribution in [3.63, 3.8) is 0 Å². The van der Waals surface area contributed by atoms with Gasteiger partial charge in [0.05, 0.1) is 45.1 Å². The largest absolute Gasteiger partial charge is 0.464 e. The number of esters is 1. The molecule has 150 valence electrons. The minimum atomic E-state index is -0.523. The van der Waals surface area contributed by atoms with Crippen LogP contribution in [-0.2, 0) is 20.8 Å². The van der Waals surface area contributed by atoms with Crippen LogP contribution in [0.25, 0.3) is 0 Å². The van der Waals surface area contributed by atoms with E-state index in [-0.39, 0.29) is 29.8 Å². The molecule has 9 heteroatoms. The smallest absolute Gasteiger partial charge is 0.360 e. The Morgan fingerprint density at radius 3 is 2.75 bits per heavy atom. The summed E-state index contributed by atoms with van der Waals surface area (Å²) < 4.78 is 35.3. The van der Waals surface area contributed by atoms with Gasteiger partial charge in [-0.1, -0.05) is 6.07 Å². The highest BCUT2D eigenvalue weighted by atomic mass is 19.1. The lowest BCUT2D eigenvalue weighted by Crippen LogP contribution is -2.31. The number of likely N-dealkylation sites (tertiary alicyclic amines) is 1. The zero-order valence-corrected chi connectivity index (χ0v) is 15.5. The molecule has 2 atom stereocenters. The Kier molecular flexibility index (Phi) is 5.56. The minimum absolute atomic E-state index is 0.0461. The molecular formula is C19H22FN3O5. The van der Waals surface area contributed by atoms with E-state index in [4.69, 9.17) is 13.9 Å². The number of ether oxygens (including phenoxy) is 3. The van der Waals surface area contributed by atoms with Crippen LogP contribution in [-0.4, -0.2) is 67.5 Å². The van der Waals surface area contributed by atoms with Gasteiger partial charge in [0.25, 0.3) is 0 Å². The molecule has 1 N–H and O–H groups in total. The highest BCUT2D eigenvalue weighted by Crippen LogP contribution is 2.23. The highest BCUT2D eigenvalue weighted by molar-refractivity contribution is 5.86. The molecule has 3 heterocycles. The van der Waals surface area contributed by atoms with E-state index in [0.29, 0.717) is 44.4 Å². The van der Waals surface area contributed by atoms with Crippen molar-refractivity contribution in [3.8, 4) is 0 Å². The Labute approximate surface area is 161 Å². The molecule has 1 aromatic carbocycles. The molecule has 0 unspecified atom stereocenters. The van der Waals surface area contributed by atoms with Crippen LogP contribution in [0.5, 0.6) is 0 Å². The van der Waals surface area contributed by atoms with Gasteiger partial charge in [0.1, 0.15) is 12.1 Å². The number of aromatic nitrogens is 1. The summed E-state index contributed by atoms with van der Waals surface area (Å²) >= 11 is 0. The van der Waals surface area contributed by atoms with Crippen molar-refractivity contribution in [1.82, 2.24) is 9.88 Å². The fraction of sp³-hybridized carbons (Fsp3) is 0.474. The average molecular weight is 391 g/mol. The van der Waals surface area contributed by atoms with E-state index in [1.807, 2.05) is 6.07 Å². The number of carbonyl (C=O) groups is 1. The molecule has 2 saturated heterocycles. The Bertz CT molecular complexity index is 813. The zero-order chi connectivity index (χ0) is 19.5. The first-order chi connectivity index (χ1) is 13.6. The van der Waals surface area contributed by atoms with Gasteiger partial charge >= 0.3 is 5.97 Å². The van der Waals surface area contributed by atoms with Gasteiger partial charge in [0.15, 0.2) is 5.69 Å². The summed E-state index contributed by atoms with van der Waals surface area (Å²) in [5.41, 5.74) is 0.862. The first-order valence-electron chi connectivity index (χ1n) is 9.11. The molecule has 1 aromatic heterocycles. The van der Waals surface area contributed by atoms with E-state index in [1.54, 1.807) is 6.07 Å². The number of halogens is 1. The maximum absolute atomic E-state index is 13.3. The van der Waals surface area contributed by atoms with Crippen LogP contribution in [0.2, 0.25) is 0 Å². The topological polar surface area (TPSA) is 86.1 Å². The molecule has 0 saturated carbocycles. The summed E-state index contributed by atoms with van der Waals surface area (Å²) in [5.74, 6) is -0.359. The normalized spacial score (nSPS) is 23.2. The Morgan fingerprint density at radius 1 is 1.32 bits per heavy atom. The van der Waals surface area contributed by atoms with E-state index in [1.165, 1.54) is 25.5 Å². The molecule has 2 aliphatic rings. The van der Waals surface area contributed by atoms with E-state index in [2.05, 4.69) is 19.9 Å². The van der Waals surface area contributed by atoms with Crippen LogP contribution in [0.1, 0.15) is 16.4 Å². The Morgan fingerprint density at radius 2 is 2.07 bits per heavy atom. The number of carbonyl (C=O) groups excluding carboxylic acids is 1. The number of fused-ring (bicyclic) bond motifs is 1. The van der Waals surface area contributed by atoms with Gasteiger partial charge in [-0.2, -0.15) is 0 Å². The Hall–Kier alpha value is -2.49. The van der Waals surface area contributed by atoms with Gasteiger partial charge in [-0.05, 0) is 18.2 Å². The molecule has 28 heavy (non-hydrogen) atoms. The third-order valence-electron chi connectivity index (χ3n) is 4.81. The standard InChI is InChI=1S/C19H22FN3O5/c1-25-19(24)15-11-28-18(22-15)8-23-6-16-17(7-23)27-10-14(9-26-16)21-13-4-2-3-12(20)5-13/h2-5,11,14,16-17,21H,6-10H2,1H3/t16-,17-/m0/s1. The van der Waals surface area contributed by atoms with Crippen molar-refractivity contribution in [2.45, 2.75) is 24.8 Å². The summed E-state index contributed by atoms with van der Waals surface area (Å²) in [5, 5.41) is 3.25. The summed E-state index contributed by atoms with van der Waals surface area (Å²) in [6, 6.07) is 6.29. The van der Waals surface area contributed by atoms with Crippen molar-refractivity contribution >= 4 is 11.7 Å². The lowest BCUT2D eigenvalue weighted by Gasteiger charge is -2.19. The van der Waals surface area contributed by atoms with Crippen LogP contribution >= 0.6 is 0 Å². The van der Waals surface area contributed by atoms with Crippen LogP contribution in [0.4, 0.5) is 10.1 Å². The number of hydrogen-bond acceptors (Lipinski definition) is 8.